The van der Waals surface area contributed by atoms with Crippen LogP contribution in [0.1, 0.15) is 50.2 Å². The molecule has 1 saturated heterocycles. The Morgan fingerprint density at radius 1 is 1.09 bits per heavy atom. The lowest BCUT2D eigenvalue weighted by Gasteiger charge is -2.38. The number of carboxylic acid groups (broad SMARTS) is 1. The number of fused-ring (bicyclic) bond motifs is 3. The molecule has 7 heteroatoms. The van der Waals surface area contributed by atoms with Gasteiger partial charge >= 0.3 is 12.1 Å². The van der Waals surface area contributed by atoms with Gasteiger partial charge in [-0.15, -0.1) is 0 Å². The van der Waals surface area contributed by atoms with Crippen LogP contribution in [0.5, 0.6) is 0 Å². The van der Waals surface area contributed by atoms with E-state index in [-0.39, 0.29) is 30.9 Å². The summed E-state index contributed by atoms with van der Waals surface area (Å²) in [5, 5.41) is 12.1. The van der Waals surface area contributed by atoms with Crippen molar-refractivity contribution in [3.8, 4) is 11.1 Å². The topological polar surface area (TPSA) is 95.9 Å². The summed E-state index contributed by atoms with van der Waals surface area (Å²) in [6.45, 7) is 4.29. The maximum atomic E-state index is 12.8. The Bertz CT molecular complexity index is 1010. The smallest absolute Gasteiger partial charge is 0.407 e. The Morgan fingerprint density at radius 2 is 1.70 bits per heavy atom. The number of piperidine rings is 1. The number of ether oxygens (including phenoxy) is 1. The molecule has 0 unspecified atom stereocenters. The molecule has 2 aromatic rings. The lowest BCUT2D eigenvalue weighted by molar-refractivity contribution is -0.149. The number of hydrogen-bond donors (Lipinski definition) is 2. The van der Waals surface area contributed by atoms with Gasteiger partial charge in [0.2, 0.25) is 5.91 Å². The number of likely N-dealkylation sites (tertiary alicyclic amines) is 1. The number of benzene rings is 2. The fourth-order valence-electron chi connectivity index (χ4n) is 5.10. The van der Waals surface area contributed by atoms with Crippen molar-refractivity contribution in [3.05, 3.63) is 59.7 Å². The van der Waals surface area contributed by atoms with E-state index in [0.717, 1.165) is 22.3 Å². The summed E-state index contributed by atoms with van der Waals surface area (Å²) in [6, 6.07) is 15.5. The number of carbonyl (C=O) groups is 3. The van der Waals surface area contributed by atoms with Gasteiger partial charge in [0.25, 0.3) is 0 Å². The number of nitrogens with one attached hydrogen (secondary N) is 1. The maximum absolute atomic E-state index is 12.8. The van der Waals surface area contributed by atoms with Crippen molar-refractivity contribution in [2.24, 2.45) is 5.92 Å². The summed E-state index contributed by atoms with van der Waals surface area (Å²) in [4.78, 5) is 38.3. The van der Waals surface area contributed by atoms with E-state index >= 15 is 0 Å². The molecule has 1 heterocycles. The summed E-state index contributed by atoms with van der Waals surface area (Å²) in [7, 11) is 0. The minimum absolute atomic E-state index is 0.0257. The van der Waals surface area contributed by atoms with Gasteiger partial charge in [0.15, 0.2) is 0 Å². The number of carboxylic acids is 1. The average molecular weight is 451 g/mol. The van der Waals surface area contributed by atoms with Gasteiger partial charge in [-0.2, -0.15) is 0 Å². The zero-order chi connectivity index (χ0) is 23.5. The lowest BCUT2D eigenvalue weighted by atomic mass is 9.90. The van der Waals surface area contributed by atoms with Crippen molar-refractivity contribution in [1.29, 1.82) is 0 Å². The van der Waals surface area contributed by atoms with E-state index in [1.807, 2.05) is 24.3 Å². The molecule has 2 amide bonds. The van der Waals surface area contributed by atoms with E-state index in [1.165, 1.54) is 0 Å². The second-order valence-electron chi connectivity index (χ2n) is 8.99. The fraction of sp³-hybridized carbons (Fsp3) is 0.423. The van der Waals surface area contributed by atoms with Gasteiger partial charge in [-0.05, 0) is 48.9 Å². The van der Waals surface area contributed by atoms with E-state index in [2.05, 4.69) is 29.6 Å². The first-order valence-corrected chi connectivity index (χ1v) is 11.5. The highest BCUT2D eigenvalue weighted by Crippen LogP contribution is 2.44. The number of nitrogens with zero attached hydrogens (tertiary/aromatic N) is 1. The Kier molecular flexibility index (Phi) is 6.67. The van der Waals surface area contributed by atoms with Crippen molar-refractivity contribution in [2.75, 3.05) is 13.2 Å². The molecule has 174 valence electrons. The molecule has 3 atom stereocenters. The van der Waals surface area contributed by atoms with Gasteiger partial charge in [0.05, 0.1) is 5.92 Å². The van der Waals surface area contributed by atoms with Crippen LogP contribution in [-0.2, 0) is 14.3 Å². The van der Waals surface area contributed by atoms with Crippen molar-refractivity contribution in [1.82, 2.24) is 10.2 Å². The standard InChI is InChI=1S/C26H30N2O5/c1-16(14-24(29)28-13-7-12-18(17(28)2)25(30)31)27-26(32)33-15-23-21-10-5-3-8-19(21)20-9-4-6-11-22(20)23/h3-6,8-11,16-18,23H,7,12-15H2,1-2H3,(H,27,32)(H,30,31)/t16-,17-,18-/m1/s1. The Hall–Kier alpha value is -3.35. The molecule has 0 aromatic heterocycles. The van der Waals surface area contributed by atoms with Crippen LogP contribution in [0.25, 0.3) is 11.1 Å². The molecule has 1 aliphatic heterocycles. The van der Waals surface area contributed by atoms with Gasteiger partial charge in [-0.3, -0.25) is 9.59 Å². The van der Waals surface area contributed by atoms with Gasteiger partial charge < -0.3 is 20.1 Å². The second-order valence-corrected chi connectivity index (χ2v) is 8.99. The van der Waals surface area contributed by atoms with Crippen LogP contribution >= 0.6 is 0 Å². The third-order valence-corrected chi connectivity index (χ3v) is 6.81. The van der Waals surface area contributed by atoms with Gasteiger partial charge in [0, 0.05) is 31.0 Å². The molecule has 2 aliphatic rings. The van der Waals surface area contributed by atoms with Crippen LogP contribution in [0.15, 0.2) is 48.5 Å². The normalized spacial score (nSPS) is 20.5. The summed E-state index contributed by atoms with van der Waals surface area (Å²) in [5.74, 6) is -1.60. The third kappa shape index (κ3) is 4.72. The highest BCUT2D eigenvalue weighted by atomic mass is 16.5. The van der Waals surface area contributed by atoms with Crippen LogP contribution in [-0.4, -0.2) is 53.2 Å². The third-order valence-electron chi connectivity index (χ3n) is 6.81. The maximum Gasteiger partial charge on any atom is 0.407 e. The van der Waals surface area contributed by atoms with E-state index in [1.54, 1.807) is 18.7 Å². The molecule has 2 aromatic carbocycles. The van der Waals surface area contributed by atoms with Crippen molar-refractivity contribution in [2.45, 2.75) is 51.1 Å². The molecule has 0 bridgehead atoms. The molecule has 0 radical (unpaired) electrons. The van der Waals surface area contributed by atoms with Gasteiger partial charge in [-0.25, -0.2) is 4.79 Å². The molecule has 0 saturated carbocycles. The first-order chi connectivity index (χ1) is 15.9. The molecule has 7 nitrogen and oxygen atoms in total. The fourth-order valence-corrected chi connectivity index (χ4v) is 5.10. The molecule has 0 spiro atoms. The highest BCUT2D eigenvalue weighted by molar-refractivity contribution is 5.80. The number of aliphatic carboxylic acids is 1. The average Bonchev–Trinajstić information content (AvgIpc) is 3.11. The zero-order valence-electron chi connectivity index (χ0n) is 19.0. The van der Waals surface area contributed by atoms with Crippen LogP contribution in [0.2, 0.25) is 0 Å². The Morgan fingerprint density at radius 3 is 2.30 bits per heavy atom. The van der Waals surface area contributed by atoms with Crippen molar-refractivity contribution >= 4 is 18.0 Å². The van der Waals surface area contributed by atoms with Crippen molar-refractivity contribution in [3.63, 3.8) is 0 Å². The van der Waals surface area contributed by atoms with E-state index in [0.29, 0.717) is 19.4 Å². The predicted molar refractivity (Wildman–Crippen MR) is 124 cm³/mol. The summed E-state index contributed by atoms with van der Waals surface area (Å²) in [6.07, 6.45) is 0.780. The number of carbonyl (C=O) groups excluding carboxylic acids is 2. The second kappa shape index (κ2) is 9.65. The minimum Gasteiger partial charge on any atom is -0.481 e. The lowest BCUT2D eigenvalue weighted by Crippen LogP contribution is -2.50. The Balaban J connectivity index is 1.31. The summed E-state index contributed by atoms with van der Waals surface area (Å²) < 4.78 is 5.55. The van der Waals surface area contributed by atoms with Gasteiger partial charge in [-0.1, -0.05) is 48.5 Å². The minimum atomic E-state index is -0.871. The van der Waals surface area contributed by atoms with Crippen LogP contribution in [0.4, 0.5) is 4.79 Å². The van der Waals surface area contributed by atoms with E-state index < -0.39 is 24.0 Å². The van der Waals surface area contributed by atoms with Crippen molar-refractivity contribution < 1.29 is 24.2 Å². The first kappa shape index (κ1) is 22.8. The largest absolute Gasteiger partial charge is 0.481 e. The predicted octanol–water partition coefficient (Wildman–Crippen LogP) is 4.02. The monoisotopic (exact) mass is 450 g/mol. The molecule has 1 aliphatic carbocycles. The molecular weight excluding hydrogens is 420 g/mol. The molecule has 2 N–H and O–H groups in total. The zero-order valence-corrected chi connectivity index (χ0v) is 19.0. The van der Waals surface area contributed by atoms with Gasteiger partial charge in [0.1, 0.15) is 6.61 Å². The molecular formula is C26H30N2O5. The van der Waals surface area contributed by atoms with Crippen LogP contribution in [0.3, 0.4) is 0 Å². The first-order valence-electron chi connectivity index (χ1n) is 11.5. The van der Waals surface area contributed by atoms with E-state index in [9.17, 15) is 19.5 Å². The van der Waals surface area contributed by atoms with Crippen LogP contribution < -0.4 is 5.32 Å². The summed E-state index contributed by atoms with van der Waals surface area (Å²) in [5.41, 5.74) is 4.61. The number of hydrogen-bond acceptors (Lipinski definition) is 4. The highest BCUT2D eigenvalue weighted by Gasteiger charge is 2.35. The SMILES string of the molecule is C[C@H](CC(=O)N1CCC[C@@H](C(=O)O)[C@H]1C)NC(=O)OCC1c2ccccc2-c2ccccc21. The number of alkyl carbamates (subject to hydrolysis) is 1. The quantitative estimate of drug-likeness (QED) is 0.693. The summed E-state index contributed by atoms with van der Waals surface area (Å²) >= 11 is 0. The van der Waals surface area contributed by atoms with E-state index in [4.69, 9.17) is 4.74 Å². The molecule has 4 rings (SSSR count). The molecule has 1 fully saturated rings. The number of amides is 2. The molecule has 33 heavy (non-hydrogen) atoms. The Labute approximate surface area is 193 Å². The number of rotatable bonds is 6. The van der Waals surface area contributed by atoms with Crippen LogP contribution in [0, 0.1) is 5.92 Å².